The van der Waals surface area contributed by atoms with E-state index in [-0.39, 0.29) is 17.8 Å². The zero-order valence-electron chi connectivity index (χ0n) is 11.3. The molecule has 7 nitrogen and oxygen atoms in total. The lowest BCUT2D eigenvalue weighted by Gasteiger charge is -2.34. The second-order valence-electron chi connectivity index (χ2n) is 5.11. The monoisotopic (exact) mass is 278 g/mol. The van der Waals surface area contributed by atoms with Crippen LogP contribution in [0.15, 0.2) is 24.3 Å². The van der Waals surface area contributed by atoms with Crippen molar-refractivity contribution in [1.82, 2.24) is 4.90 Å². The molecule has 1 heterocycles. The smallest absolute Gasteiger partial charge is 0.321 e. The number of benzene rings is 1. The Kier molecular flexibility index (Phi) is 4.19. The van der Waals surface area contributed by atoms with Crippen LogP contribution in [0.4, 0.5) is 16.2 Å². The van der Waals surface area contributed by atoms with Crippen molar-refractivity contribution in [2.45, 2.75) is 19.4 Å². The van der Waals surface area contributed by atoms with Gasteiger partial charge in [0.25, 0.3) is 5.69 Å². The van der Waals surface area contributed by atoms with Crippen molar-refractivity contribution in [3.8, 4) is 0 Å². The quantitative estimate of drug-likeness (QED) is 0.636. The third-order valence-electron chi connectivity index (χ3n) is 3.61. The fraction of sp³-hybridized carbons (Fsp3) is 0.462. The van der Waals surface area contributed by atoms with Crippen LogP contribution in [0.5, 0.6) is 0 Å². The van der Waals surface area contributed by atoms with E-state index in [4.69, 9.17) is 5.73 Å². The van der Waals surface area contributed by atoms with Gasteiger partial charge in [-0.05, 0) is 18.4 Å². The van der Waals surface area contributed by atoms with Crippen LogP contribution in [0.1, 0.15) is 13.3 Å². The molecular formula is C13H18N4O3. The maximum atomic E-state index is 12.1. The highest BCUT2D eigenvalue weighted by Crippen LogP contribution is 2.19. The van der Waals surface area contributed by atoms with Gasteiger partial charge in [-0.25, -0.2) is 4.79 Å². The first-order chi connectivity index (χ1) is 9.47. The summed E-state index contributed by atoms with van der Waals surface area (Å²) in [5.74, 6) is 0.400. The van der Waals surface area contributed by atoms with Gasteiger partial charge in [-0.15, -0.1) is 0 Å². The summed E-state index contributed by atoms with van der Waals surface area (Å²) in [5.41, 5.74) is 6.32. The number of carbonyl (C=O) groups excluding carboxylic acids is 1. The Morgan fingerprint density at radius 1 is 1.55 bits per heavy atom. The Hall–Kier alpha value is -2.15. The minimum Gasteiger partial charge on any atom is -0.326 e. The van der Waals surface area contributed by atoms with E-state index < -0.39 is 4.92 Å². The first kappa shape index (κ1) is 14.3. The molecule has 0 spiro atoms. The van der Waals surface area contributed by atoms with E-state index in [1.165, 1.54) is 18.2 Å². The number of nitrogens with one attached hydrogen (secondary N) is 1. The van der Waals surface area contributed by atoms with Gasteiger partial charge >= 0.3 is 6.03 Å². The number of nitro groups is 1. The summed E-state index contributed by atoms with van der Waals surface area (Å²) < 4.78 is 0. The molecule has 108 valence electrons. The normalized spacial score (nSPS) is 22.4. The van der Waals surface area contributed by atoms with E-state index >= 15 is 0 Å². The van der Waals surface area contributed by atoms with E-state index in [0.717, 1.165) is 6.42 Å². The SMILES string of the molecule is CC1CCN(C(=O)Nc2cccc([N+](=O)[O-])c2)CC1N. The average molecular weight is 278 g/mol. The number of nitrogens with two attached hydrogens (primary N) is 1. The summed E-state index contributed by atoms with van der Waals surface area (Å²) in [6.45, 7) is 3.22. The molecule has 2 unspecified atom stereocenters. The first-order valence-corrected chi connectivity index (χ1v) is 6.53. The van der Waals surface area contributed by atoms with Gasteiger partial charge in [0.05, 0.1) is 4.92 Å². The standard InChI is InChI=1S/C13H18N4O3/c1-9-5-6-16(8-12(9)14)13(18)15-10-3-2-4-11(7-10)17(19)20/h2-4,7,9,12H,5-6,8,14H2,1H3,(H,15,18). The highest BCUT2D eigenvalue weighted by molar-refractivity contribution is 5.89. The van der Waals surface area contributed by atoms with Crippen LogP contribution in [-0.2, 0) is 0 Å². The number of urea groups is 1. The van der Waals surface area contributed by atoms with Crippen molar-refractivity contribution in [1.29, 1.82) is 0 Å². The summed E-state index contributed by atoms with van der Waals surface area (Å²) in [5, 5.41) is 13.4. The van der Waals surface area contributed by atoms with Crippen molar-refractivity contribution < 1.29 is 9.72 Å². The number of piperidine rings is 1. The number of anilines is 1. The van der Waals surface area contributed by atoms with Crippen molar-refractivity contribution in [2.75, 3.05) is 18.4 Å². The molecule has 2 amide bonds. The number of nitrogens with zero attached hydrogens (tertiary/aromatic N) is 2. The Bertz CT molecular complexity index is 520. The van der Waals surface area contributed by atoms with Gasteiger partial charge in [0.2, 0.25) is 0 Å². The van der Waals surface area contributed by atoms with Crippen LogP contribution in [-0.4, -0.2) is 35.0 Å². The highest BCUT2D eigenvalue weighted by Gasteiger charge is 2.26. The average Bonchev–Trinajstić information content (AvgIpc) is 2.42. The molecule has 1 aliphatic heterocycles. The number of amides is 2. The lowest BCUT2D eigenvalue weighted by atomic mass is 9.94. The predicted molar refractivity (Wildman–Crippen MR) is 75.4 cm³/mol. The van der Waals surface area contributed by atoms with Gasteiger partial charge in [-0.1, -0.05) is 13.0 Å². The lowest BCUT2D eigenvalue weighted by Crippen LogP contribution is -2.50. The number of likely N-dealkylation sites (tertiary alicyclic amines) is 1. The van der Waals surface area contributed by atoms with Gasteiger partial charge < -0.3 is 16.0 Å². The topological polar surface area (TPSA) is 102 Å². The fourth-order valence-electron chi connectivity index (χ4n) is 2.18. The maximum Gasteiger partial charge on any atom is 0.321 e. The summed E-state index contributed by atoms with van der Waals surface area (Å²) >= 11 is 0. The molecule has 1 aromatic rings. The van der Waals surface area contributed by atoms with Crippen molar-refractivity contribution in [3.63, 3.8) is 0 Å². The van der Waals surface area contributed by atoms with Gasteiger partial charge in [-0.2, -0.15) is 0 Å². The molecule has 0 aliphatic carbocycles. The van der Waals surface area contributed by atoms with Gasteiger partial charge in [0, 0.05) is 37.0 Å². The molecule has 2 atom stereocenters. The summed E-state index contributed by atoms with van der Waals surface area (Å²) in [4.78, 5) is 23.9. The molecule has 0 bridgehead atoms. The second kappa shape index (κ2) is 5.87. The van der Waals surface area contributed by atoms with Gasteiger partial charge in [-0.3, -0.25) is 10.1 Å². The summed E-state index contributed by atoms with van der Waals surface area (Å²) in [6.07, 6.45) is 0.865. The fourth-order valence-corrected chi connectivity index (χ4v) is 2.18. The van der Waals surface area contributed by atoms with Crippen LogP contribution in [0, 0.1) is 16.0 Å². The number of rotatable bonds is 2. The molecule has 1 fully saturated rings. The number of hydrogen-bond donors (Lipinski definition) is 2. The lowest BCUT2D eigenvalue weighted by molar-refractivity contribution is -0.384. The zero-order valence-corrected chi connectivity index (χ0v) is 11.3. The van der Waals surface area contributed by atoms with Crippen LogP contribution in [0.3, 0.4) is 0 Å². The Morgan fingerprint density at radius 3 is 2.95 bits per heavy atom. The number of carbonyl (C=O) groups is 1. The minimum atomic E-state index is -0.492. The molecule has 0 aromatic heterocycles. The van der Waals surface area contributed by atoms with Crippen LogP contribution in [0.2, 0.25) is 0 Å². The van der Waals surface area contributed by atoms with Crippen molar-refractivity contribution in [3.05, 3.63) is 34.4 Å². The van der Waals surface area contributed by atoms with E-state index in [0.29, 0.717) is 24.7 Å². The molecular weight excluding hydrogens is 260 g/mol. The third-order valence-corrected chi connectivity index (χ3v) is 3.61. The molecule has 3 N–H and O–H groups in total. The largest absolute Gasteiger partial charge is 0.326 e. The molecule has 7 heteroatoms. The summed E-state index contributed by atoms with van der Waals surface area (Å²) in [7, 11) is 0. The number of hydrogen-bond acceptors (Lipinski definition) is 4. The number of nitro benzene ring substituents is 1. The van der Waals surface area contributed by atoms with E-state index in [1.54, 1.807) is 11.0 Å². The van der Waals surface area contributed by atoms with E-state index in [1.807, 2.05) is 0 Å². The molecule has 1 aliphatic rings. The Balaban J connectivity index is 2.01. The molecule has 2 rings (SSSR count). The molecule has 0 saturated carbocycles. The predicted octanol–water partition coefficient (Wildman–Crippen LogP) is 1.80. The van der Waals surface area contributed by atoms with Gasteiger partial charge in [0.15, 0.2) is 0 Å². The Labute approximate surface area is 116 Å². The van der Waals surface area contributed by atoms with E-state index in [2.05, 4.69) is 12.2 Å². The zero-order chi connectivity index (χ0) is 14.7. The maximum absolute atomic E-state index is 12.1. The van der Waals surface area contributed by atoms with Crippen molar-refractivity contribution >= 4 is 17.4 Å². The van der Waals surface area contributed by atoms with Gasteiger partial charge in [0.1, 0.15) is 0 Å². The highest BCUT2D eigenvalue weighted by atomic mass is 16.6. The minimum absolute atomic E-state index is 0.0281. The number of non-ortho nitro benzene ring substituents is 1. The third kappa shape index (κ3) is 3.24. The molecule has 1 aromatic carbocycles. The van der Waals surface area contributed by atoms with Crippen LogP contribution < -0.4 is 11.1 Å². The van der Waals surface area contributed by atoms with Crippen molar-refractivity contribution in [2.24, 2.45) is 11.7 Å². The Morgan fingerprint density at radius 2 is 2.30 bits per heavy atom. The molecule has 20 heavy (non-hydrogen) atoms. The second-order valence-corrected chi connectivity index (χ2v) is 5.11. The van der Waals surface area contributed by atoms with E-state index in [9.17, 15) is 14.9 Å². The van der Waals surface area contributed by atoms with Crippen LogP contribution in [0.25, 0.3) is 0 Å². The van der Waals surface area contributed by atoms with Crippen LogP contribution >= 0.6 is 0 Å². The molecule has 0 radical (unpaired) electrons. The first-order valence-electron chi connectivity index (χ1n) is 6.53. The summed E-state index contributed by atoms with van der Waals surface area (Å²) in [6, 6.07) is 5.58. The molecule has 1 saturated heterocycles.